The lowest BCUT2D eigenvalue weighted by Crippen LogP contribution is -2.16. The van der Waals surface area contributed by atoms with Crippen LogP contribution in [-0.2, 0) is 6.61 Å². The van der Waals surface area contributed by atoms with Crippen LogP contribution in [-0.4, -0.2) is 26.7 Å². The number of benzene rings is 2. The number of nitro groups is 1. The summed E-state index contributed by atoms with van der Waals surface area (Å²) in [6.45, 7) is 4.22. The van der Waals surface area contributed by atoms with Crippen LogP contribution in [0.5, 0.6) is 11.5 Å². The second-order valence-electron chi connectivity index (χ2n) is 7.70. The molecule has 0 aliphatic rings. The number of hydrazone groups is 1. The summed E-state index contributed by atoms with van der Waals surface area (Å²) in [5.41, 5.74) is 5.44. The van der Waals surface area contributed by atoms with Gasteiger partial charge in [-0.1, -0.05) is 0 Å². The van der Waals surface area contributed by atoms with Crippen LogP contribution >= 0.6 is 0 Å². The SMILES string of the molecule is Cc1ccc(C)n1-c1ccc(OCc2ccc(C(=O)N/N=C/c3cc([N+](=O)[O-])ccc3O)o2)cc1. The highest BCUT2D eigenvalue weighted by Crippen LogP contribution is 2.22. The van der Waals surface area contributed by atoms with Crippen molar-refractivity contribution >= 4 is 17.8 Å². The first-order valence-corrected chi connectivity index (χ1v) is 10.6. The number of furan rings is 1. The van der Waals surface area contributed by atoms with Gasteiger partial charge in [-0.3, -0.25) is 14.9 Å². The fraction of sp³-hybridized carbons (Fsp3) is 0.120. The molecule has 2 heterocycles. The first-order chi connectivity index (χ1) is 16.8. The third-order valence-corrected chi connectivity index (χ3v) is 5.22. The smallest absolute Gasteiger partial charge is 0.307 e. The summed E-state index contributed by atoms with van der Waals surface area (Å²) in [4.78, 5) is 22.5. The highest BCUT2D eigenvalue weighted by Gasteiger charge is 2.12. The Bertz CT molecular complexity index is 1380. The molecule has 4 aromatic rings. The minimum atomic E-state index is -0.626. The topological polar surface area (TPSA) is 132 Å². The van der Waals surface area contributed by atoms with E-state index in [0.717, 1.165) is 35.4 Å². The molecule has 0 atom stereocenters. The van der Waals surface area contributed by atoms with Crippen LogP contribution < -0.4 is 10.2 Å². The van der Waals surface area contributed by atoms with E-state index in [-0.39, 0.29) is 29.4 Å². The number of nitro benzene ring substituents is 1. The Hall–Kier alpha value is -4.86. The summed E-state index contributed by atoms with van der Waals surface area (Å²) < 4.78 is 13.4. The van der Waals surface area contributed by atoms with Gasteiger partial charge in [0.05, 0.1) is 11.1 Å². The van der Waals surface area contributed by atoms with Gasteiger partial charge in [-0.15, -0.1) is 0 Å². The van der Waals surface area contributed by atoms with Gasteiger partial charge < -0.3 is 18.8 Å². The number of carbonyl (C=O) groups excluding carboxylic acids is 1. The number of phenols is 1. The van der Waals surface area contributed by atoms with E-state index in [1.54, 1.807) is 6.07 Å². The molecule has 1 amide bonds. The molecule has 0 radical (unpaired) electrons. The number of aryl methyl sites for hydroxylation is 2. The van der Waals surface area contributed by atoms with Gasteiger partial charge in [-0.25, -0.2) is 5.43 Å². The van der Waals surface area contributed by atoms with Crippen molar-refractivity contribution in [1.29, 1.82) is 0 Å². The van der Waals surface area contributed by atoms with Crippen LogP contribution in [0.1, 0.15) is 33.3 Å². The zero-order chi connectivity index (χ0) is 24.9. The molecule has 0 unspecified atom stereocenters. The van der Waals surface area contributed by atoms with Gasteiger partial charge in [0, 0.05) is 34.8 Å². The number of ether oxygens (including phenoxy) is 1. The van der Waals surface area contributed by atoms with Crippen LogP contribution in [0.15, 0.2) is 76.2 Å². The molecule has 0 aliphatic heterocycles. The molecular formula is C25H22N4O6. The lowest BCUT2D eigenvalue weighted by Gasteiger charge is -2.10. The van der Waals surface area contributed by atoms with Gasteiger partial charge in [0.1, 0.15) is 23.9 Å². The Morgan fingerprint density at radius 2 is 1.83 bits per heavy atom. The zero-order valence-electron chi connectivity index (χ0n) is 19.0. The van der Waals surface area contributed by atoms with Crippen LogP contribution in [0.25, 0.3) is 5.69 Å². The second kappa shape index (κ2) is 9.96. The van der Waals surface area contributed by atoms with Crippen LogP contribution in [0.2, 0.25) is 0 Å². The van der Waals surface area contributed by atoms with E-state index < -0.39 is 10.8 Å². The Morgan fingerprint density at radius 3 is 2.51 bits per heavy atom. The van der Waals surface area contributed by atoms with E-state index in [4.69, 9.17) is 9.15 Å². The summed E-state index contributed by atoms with van der Waals surface area (Å²) >= 11 is 0. The van der Waals surface area contributed by atoms with Gasteiger partial charge >= 0.3 is 5.91 Å². The molecule has 0 saturated carbocycles. The van der Waals surface area contributed by atoms with E-state index in [2.05, 4.69) is 27.2 Å². The molecule has 0 saturated heterocycles. The maximum atomic E-state index is 12.3. The summed E-state index contributed by atoms with van der Waals surface area (Å²) in [6, 6.07) is 18.4. The molecule has 10 nitrogen and oxygen atoms in total. The molecule has 2 aromatic heterocycles. The van der Waals surface area contributed by atoms with E-state index in [0.29, 0.717) is 11.5 Å². The minimum Gasteiger partial charge on any atom is -0.507 e. The lowest BCUT2D eigenvalue weighted by molar-refractivity contribution is -0.384. The van der Waals surface area contributed by atoms with Gasteiger partial charge in [0.15, 0.2) is 5.76 Å². The molecule has 0 bridgehead atoms. The molecule has 0 fully saturated rings. The number of aromatic hydroxyl groups is 1. The lowest BCUT2D eigenvalue weighted by atomic mass is 10.2. The van der Waals surface area contributed by atoms with Crippen molar-refractivity contribution in [1.82, 2.24) is 9.99 Å². The molecule has 10 heteroatoms. The number of hydrogen-bond acceptors (Lipinski definition) is 7. The predicted octanol–water partition coefficient (Wildman–Crippen LogP) is 4.64. The largest absolute Gasteiger partial charge is 0.507 e. The standard InChI is InChI=1S/C25H22N4O6/c1-16-3-4-17(2)28(16)19-5-8-21(9-6-19)34-15-22-10-12-24(35-22)25(31)27-26-14-18-13-20(29(32)33)7-11-23(18)30/h3-14,30H,15H2,1-2H3,(H,27,31)/b26-14+. The van der Waals surface area contributed by atoms with Crippen molar-refractivity contribution in [3.05, 3.63) is 105 Å². The van der Waals surface area contributed by atoms with Gasteiger partial charge in [0.25, 0.3) is 5.69 Å². The predicted molar refractivity (Wildman–Crippen MR) is 128 cm³/mol. The molecule has 35 heavy (non-hydrogen) atoms. The molecule has 4 rings (SSSR count). The first kappa shape index (κ1) is 23.3. The fourth-order valence-electron chi connectivity index (χ4n) is 3.47. The number of aromatic nitrogens is 1. The molecule has 0 aliphatic carbocycles. The summed E-state index contributed by atoms with van der Waals surface area (Å²) in [5.74, 6) is 0.270. The van der Waals surface area contributed by atoms with Gasteiger partial charge in [0.2, 0.25) is 0 Å². The van der Waals surface area contributed by atoms with Crippen molar-refractivity contribution in [2.45, 2.75) is 20.5 Å². The Morgan fingerprint density at radius 1 is 1.11 bits per heavy atom. The van der Waals surface area contributed by atoms with Crippen LogP contribution in [0.3, 0.4) is 0 Å². The number of phenolic OH excluding ortho intramolecular Hbond substituents is 1. The molecular weight excluding hydrogens is 452 g/mol. The maximum absolute atomic E-state index is 12.3. The quantitative estimate of drug-likeness (QED) is 0.217. The number of hydrogen-bond donors (Lipinski definition) is 2. The zero-order valence-corrected chi connectivity index (χ0v) is 19.0. The highest BCUT2D eigenvalue weighted by atomic mass is 16.6. The Labute approximate surface area is 200 Å². The van der Waals surface area contributed by atoms with Crippen molar-refractivity contribution in [2.24, 2.45) is 5.10 Å². The van der Waals surface area contributed by atoms with E-state index in [9.17, 15) is 20.0 Å². The minimum absolute atomic E-state index is 0.0120. The van der Waals surface area contributed by atoms with Crippen molar-refractivity contribution < 1.29 is 24.0 Å². The number of nitrogens with one attached hydrogen (secondary N) is 1. The summed E-state index contributed by atoms with van der Waals surface area (Å²) in [5, 5.41) is 24.4. The van der Waals surface area contributed by atoms with E-state index in [1.807, 2.05) is 38.1 Å². The van der Waals surface area contributed by atoms with Crippen molar-refractivity contribution in [3.63, 3.8) is 0 Å². The number of nitrogens with zero attached hydrogens (tertiary/aromatic N) is 3. The van der Waals surface area contributed by atoms with Gasteiger partial charge in [-0.05, 0) is 68.4 Å². The fourth-order valence-corrected chi connectivity index (χ4v) is 3.47. The molecule has 2 N–H and O–H groups in total. The normalized spacial score (nSPS) is 11.0. The highest BCUT2D eigenvalue weighted by molar-refractivity contribution is 5.92. The average Bonchev–Trinajstić information content (AvgIpc) is 3.45. The summed E-state index contributed by atoms with van der Waals surface area (Å²) in [6.07, 6.45) is 1.10. The monoisotopic (exact) mass is 474 g/mol. The van der Waals surface area contributed by atoms with Crippen LogP contribution in [0, 0.1) is 24.0 Å². The third-order valence-electron chi connectivity index (χ3n) is 5.22. The first-order valence-electron chi connectivity index (χ1n) is 10.6. The number of rotatable bonds is 8. The third kappa shape index (κ3) is 5.38. The van der Waals surface area contributed by atoms with Crippen LogP contribution in [0.4, 0.5) is 5.69 Å². The molecule has 178 valence electrons. The average molecular weight is 474 g/mol. The molecule has 2 aromatic carbocycles. The number of amides is 1. The van der Waals surface area contributed by atoms with E-state index in [1.165, 1.54) is 12.1 Å². The number of non-ortho nitro benzene ring substituents is 1. The number of carbonyl (C=O) groups is 1. The Balaban J connectivity index is 1.33. The maximum Gasteiger partial charge on any atom is 0.307 e. The van der Waals surface area contributed by atoms with Gasteiger partial charge in [-0.2, -0.15) is 5.10 Å². The molecule has 0 spiro atoms. The van der Waals surface area contributed by atoms with Crippen molar-refractivity contribution in [3.8, 4) is 17.2 Å². The van der Waals surface area contributed by atoms with Crippen molar-refractivity contribution in [2.75, 3.05) is 0 Å². The Kier molecular flexibility index (Phi) is 6.63. The summed E-state index contributed by atoms with van der Waals surface area (Å²) in [7, 11) is 0. The van der Waals surface area contributed by atoms with E-state index >= 15 is 0 Å². The second-order valence-corrected chi connectivity index (χ2v) is 7.70.